The van der Waals surface area contributed by atoms with Gasteiger partial charge in [0.2, 0.25) is 5.91 Å². The molecule has 1 aromatic rings. The van der Waals surface area contributed by atoms with Crippen LogP contribution in [-0.4, -0.2) is 31.2 Å². The van der Waals surface area contributed by atoms with Crippen molar-refractivity contribution in [3.8, 4) is 0 Å². The number of carbonyl (C=O) groups is 1. The number of hydrogen-bond acceptors (Lipinski definition) is 3. The summed E-state index contributed by atoms with van der Waals surface area (Å²) in [6.07, 6.45) is -5.06. The van der Waals surface area contributed by atoms with Crippen molar-refractivity contribution in [2.45, 2.75) is 25.2 Å². The van der Waals surface area contributed by atoms with E-state index in [1.165, 1.54) is 0 Å². The summed E-state index contributed by atoms with van der Waals surface area (Å²) in [4.78, 5) is 12.0. The van der Waals surface area contributed by atoms with E-state index in [0.717, 1.165) is 0 Å². The highest BCUT2D eigenvalue weighted by Crippen LogP contribution is 2.31. The van der Waals surface area contributed by atoms with Crippen LogP contribution < -0.4 is 10.6 Å². The first-order valence-electron chi connectivity index (χ1n) is 6.31. The lowest BCUT2D eigenvalue weighted by Crippen LogP contribution is -2.53. The third kappa shape index (κ3) is 4.31. The van der Waals surface area contributed by atoms with Crippen LogP contribution in [0.5, 0.6) is 0 Å². The second-order valence-corrected chi connectivity index (χ2v) is 4.69. The number of amides is 1. The molecule has 0 aliphatic carbocycles. The lowest BCUT2D eigenvalue weighted by molar-refractivity contribution is -0.137. The fourth-order valence-corrected chi connectivity index (χ4v) is 2.04. The minimum absolute atomic E-state index is 0. The number of morpholine rings is 1. The number of hydrogen-bond donors (Lipinski definition) is 2. The topological polar surface area (TPSA) is 50.4 Å². The molecule has 1 saturated heterocycles. The molecule has 1 amide bonds. The van der Waals surface area contributed by atoms with Crippen LogP contribution in [0, 0.1) is 5.82 Å². The number of halogens is 5. The number of carbonyl (C=O) groups excluding carboxylic acids is 1. The Morgan fingerprint density at radius 3 is 2.68 bits per heavy atom. The first-order valence-corrected chi connectivity index (χ1v) is 6.31. The summed E-state index contributed by atoms with van der Waals surface area (Å²) in [6.45, 7) is 2.52. The van der Waals surface area contributed by atoms with E-state index in [0.29, 0.717) is 31.4 Å². The van der Waals surface area contributed by atoms with Gasteiger partial charge in [-0.25, -0.2) is 4.39 Å². The van der Waals surface area contributed by atoms with Gasteiger partial charge in [0.25, 0.3) is 0 Å². The van der Waals surface area contributed by atoms with Crippen LogP contribution in [0.2, 0.25) is 0 Å². The van der Waals surface area contributed by atoms with Gasteiger partial charge < -0.3 is 15.4 Å². The molecular weight excluding hydrogens is 328 g/mol. The van der Waals surface area contributed by atoms with Gasteiger partial charge in [-0.2, -0.15) is 13.2 Å². The molecule has 1 aliphatic heterocycles. The maximum Gasteiger partial charge on any atom is 0.416 e. The standard InChI is InChI=1S/C13H14F4N2O2.ClH/c1-7-11(18-4-5-21-7)12(20)19-10-6-8(13(15,16)17)2-3-9(10)14;/h2-3,6-7,11,18H,4-5H2,1H3,(H,19,20);1H/t7-,11+;/m1./s1. The van der Waals surface area contributed by atoms with Crippen molar-refractivity contribution in [2.75, 3.05) is 18.5 Å². The molecule has 0 bridgehead atoms. The van der Waals surface area contributed by atoms with E-state index in [9.17, 15) is 22.4 Å². The molecule has 9 heteroatoms. The van der Waals surface area contributed by atoms with Crippen LogP contribution in [0.3, 0.4) is 0 Å². The minimum atomic E-state index is -4.60. The number of anilines is 1. The largest absolute Gasteiger partial charge is 0.416 e. The van der Waals surface area contributed by atoms with Crippen molar-refractivity contribution in [3.63, 3.8) is 0 Å². The number of nitrogens with one attached hydrogen (secondary N) is 2. The van der Waals surface area contributed by atoms with Crippen molar-refractivity contribution in [2.24, 2.45) is 0 Å². The minimum Gasteiger partial charge on any atom is -0.375 e. The van der Waals surface area contributed by atoms with Crippen LogP contribution in [0.4, 0.5) is 23.2 Å². The Hall–Kier alpha value is -1.38. The Morgan fingerprint density at radius 2 is 2.09 bits per heavy atom. The van der Waals surface area contributed by atoms with Crippen LogP contribution in [0.1, 0.15) is 12.5 Å². The van der Waals surface area contributed by atoms with E-state index in [-0.39, 0.29) is 12.4 Å². The average Bonchev–Trinajstić information content (AvgIpc) is 2.40. The first kappa shape index (κ1) is 18.7. The fourth-order valence-electron chi connectivity index (χ4n) is 2.04. The van der Waals surface area contributed by atoms with Gasteiger partial charge in [0.15, 0.2) is 0 Å². The molecular formula is C13H15ClF4N2O2. The average molecular weight is 343 g/mol. The van der Waals surface area contributed by atoms with Gasteiger partial charge in [-0.3, -0.25) is 4.79 Å². The quantitative estimate of drug-likeness (QED) is 0.812. The molecule has 2 atom stereocenters. The van der Waals surface area contributed by atoms with Gasteiger partial charge in [0.1, 0.15) is 11.9 Å². The zero-order valence-corrected chi connectivity index (χ0v) is 12.4. The van der Waals surface area contributed by atoms with Crippen molar-refractivity contribution in [1.29, 1.82) is 0 Å². The third-order valence-electron chi connectivity index (χ3n) is 3.15. The van der Waals surface area contributed by atoms with Crippen molar-refractivity contribution >= 4 is 24.0 Å². The molecule has 2 N–H and O–H groups in total. The maximum absolute atomic E-state index is 13.5. The third-order valence-corrected chi connectivity index (χ3v) is 3.15. The summed E-state index contributed by atoms with van der Waals surface area (Å²) < 4.78 is 56.6. The molecule has 0 radical (unpaired) electrons. The van der Waals surface area contributed by atoms with E-state index < -0.39 is 41.3 Å². The summed E-state index contributed by atoms with van der Waals surface area (Å²) >= 11 is 0. The van der Waals surface area contributed by atoms with Gasteiger partial charge in [0, 0.05) is 6.54 Å². The first-order chi connectivity index (χ1) is 9.79. The van der Waals surface area contributed by atoms with E-state index in [4.69, 9.17) is 4.74 Å². The molecule has 0 spiro atoms. The van der Waals surface area contributed by atoms with Gasteiger partial charge >= 0.3 is 6.18 Å². The second kappa shape index (κ2) is 7.26. The molecule has 1 fully saturated rings. The molecule has 0 unspecified atom stereocenters. The fraction of sp³-hybridized carbons (Fsp3) is 0.462. The monoisotopic (exact) mass is 342 g/mol. The van der Waals surface area contributed by atoms with E-state index in [1.54, 1.807) is 6.92 Å². The van der Waals surface area contributed by atoms with Crippen LogP contribution in [0.15, 0.2) is 18.2 Å². The Morgan fingerprint density at radius 1 is 1.41 bits per heavy atom. The molecule has 1 aromatic carbocycles. The lowest BCUT2D eigenvalue weighted by atomic mass is 10.1. The van der Waals surface area contributed by atoms with E-state index >= 15 is 0 Å². The SMILES string of the molecule is C[C@H]1OCCN[C@@H]1C(=O)Nc1cc(C(F)(F)F)ccc1F.Cl. The molecule has 22 heavy (non-hydrogen) atoms. The Kier molecular flexibility index (Phi) is 6.16. The van der Waals surface area contributed by atoms with Crippen LogP contribution in [-0.2, 0) is 15.7 Å². The predicted octanol–water partition coefficient (Wildman–Crippen LogP) is 2.58. The summed E-state index contributed by atoms with van der Waals surface area (Å²) in [5, 5.41) is 5.04. The molecule has 2 rings (SSSR count). The van der Waals surface area contributed by atoms with Crippen molar-refractivity contribution in [3.05, 3.63) is 29.6 Å². The Balaban J connectivity index is 0.00000242. The maximum atomic E-state index is 13.5. The normalized spacial score (nSPS) is 21.9. The number of benzene rings is 1. The molecule has 1 aliphatic rings. The molecule has 124 valence electrons. The highest BCUT2D eigenvalue weighted by Gasteiger charge is 2.32. The Labute approximate surface area is 130 Å². The van der Waals surface area contributed by atoms with Gasteiger partial charge in [-0.15, -0.1) is 12.4 Å². The van der Waals surface area contributed by atoms with Gasteiger partial charge in [-0.1, -0.05) is 0 Å². The zero-order valence-electron chi connectivity index (χ0n) is 11.5. The number of rotatable bonds is 2. The summed E-state index contributed by atoms with van der Waals surface area (Å²) in [5.74, 6) is -1.57. The molecule has 4 nitrogen and oxygen atoms in total. The predicted molar refractivity (Wildman–Crippen MR) is 74.5 cm³/mol. The zero-order chi connectivity index (χ0) is 15.6. The Bertz CT molecular complexity index is 539. The molecule has 1 heterocycles. The number of alkyl halides is 3. The number of ether oxygens (including phenoxy) is 1. The van der Waals surface area contributed by atoms with Gasteiger partial charge in [0.05, 0.1) is 24.0 Å². The lowest BCUT2D eigenvalue weighted by Gasteiger charge is -2.29. The van der Waals surface area contributed by atoms with Gasteiger partial charge in [-0.05, 0) is 25.1 Å². The highest BCUT2D eigenvalue weighted by atomic mass is 35.5. The summed E-state index contributed by atoms with van der Waals surface area (Å²) in [5.41, 5.74) is -1.53. The molecule has 0 aromatic heterocycles. The van der Waals surface area contributed by atoms with E-state index in [2.05, 4.69) is 10.6 Å². The summed E-state index contributed by atoms with van der Waals surface area (Å²) in [7, 11) is 0. The van der Waals surface area contributed by atoms with Crippen LogP contribution >= 0.6 is 12.4 Å². The van der Waals surface area contributed by atoms with Crippen molar-refractivity contribution < 1.29 is 27.1 Å². The van der Waals surface area contributed by atoms with Crippen LogP contribution in [0.25, 0.3) is 0 Å². The smallest absolute Gasteiger partial charge is 0.375 e. The molecule has 0 saturated carbocycles. The highest BCUT2D eigenvalue weighted by molar-refractivity contribution is 5.95. The second-order valence-electron chi connectivity index (χ2n) is 4.69. The summed E-state index contributed by atoms with van der Waals surface area (Å²) in [6, 6.07) is 1.12. The van der Waals surface area contributed by atoms with Crippen molar-refractivity contribution in [1.82, 2.24) is 5.32 Å². The van der Waals surface area contributed by atoms with E-state index in [1.807, 2.05) is 0 Å².